The average molecular weight is 228 g/mol. The summed E-state index contributed by atoms with van der Waals surface area (Å²) in [7, 11) is 1.76. The Morgan fingerprint density at radius 3 is 2.82 bits per heavy atom. The van der Waals surface area contributed by atoms with Crippen LogP contribution in [0.15, 0.2) is 42.5 Å². The number of hydrogen-bond acceptors (Lipinski definition) is 2. The van der Waals surface area contributed by atoms with Crippen LogP contribution < -0.4 is 0 Å². The lowest BCUT2D eigenvalue weighted by Gasteiger charge is -2.19. The van der Waals surface area contributed by atoms with Crippen LogP contribution >= 0.6 is 0 Å². The van der Waals surface area contributed by atoms with Crippen molar-refractivity contribution >= 4 is 10.8 Å². The molecule has 1 aliphatic heterocycles. The van der Waals surface area contributed by atoms with Gasteiger partial charge in [0.05, 0.1) is 12.7 Å². The molecule has 2 nitrogen and oxygen atoms in total. The molecule has 0 N–H and O–H groups in total. The molecule has 3 rings (SSSR count). The summed E-state index contributed by atoms with van der Waals surface area (Å²) in [6, 6.07) is 14.8. The molecule has 0 saturated carbocycles. The lowest BCUT2D eigenvalue weighted by atomic mass is 9.97. The van der Waals surface area contributed by atoms with Crippen molar-refractivity contribution in [2.75, 3.05) is 13.7 Å². The van der Waals surface area contributed by atoms with Gasteiger partial charge in [-0.3, -0.25) is 0 Å². The minimum absolute atomic E-state index is 0.0751. The molecule has 88 valence electrons. The standard InChI is InChI=1S/C15H16O2/c1-16-14-9-10-17-15(14)13-8-4-6-11-5-2-3-7-12(11)13/h2-8,14-15H,9-10H2,1H3/t14-,15-/m1/s1. The molecule has 0 amide bonds. The van der Waals surface area contributed by atoms with E-state index in [1.807, 2.05) is 0 Å². The van der Waals surface area contributed by atoms with Crippen molar-refractivity contribution in [3.05, 3.63) is 48.0 Å². The highest BCUT2D eigenvalue weighted by Crippen LogP contribution is 2.34. The fourth-order valence-electron chi connectivity index (χ4n) is 2.60. The number of ether oxygens (including phenoxy) is 2. The van der Waals surface area contributed by atoms with Gasteiger partial charge in [0, 0.05) is 7.11 Å². The van der Waals surface area contributed by atoms with Gasteiger partial charge in [0.2, 0.25) is 0 Å². The molecule has 0 unspecified atom stereocenters. The number of benzene rings is 2. The van der Waals surface area contributed by atoms with Gasteiger partial charge in [0.25, 0.3) is 0 Å². The van der Waals surface area contributed by atoms with Crippen LogP contribution in [0.5, 0.6) is 0 Å². The second-order valence-electron chi connectivity index (χ2n) is 4.42. The van der Waals surface area contributed by atoms with E-state index in [1.165, 1.54) is 16.3 Å². The summed E-state index contributed by atoms with van der Waals surface area (Å²) >= 11 is 0. The Morgan fingerprint density at radius 1 is 1.12 bits per heavy atom. The van der Waals surface area contributed by atoms with Crippen LogP contribution in [0.25, 0.3) is 10.8 Å². The molecule has 1 heterocycles. The zero-order chi connectivity index (χ0) is 11.7. The molecule has 1 saturated heterocycles. The third kappa shape index (κ3) is 1.84. The first-order chi connectivity index (χ1) is 8.40. The Hall–Kier alpha value is -1.38. The monoisotopic (exact) mass is 228 g/mol. The third-order valence-corrected chi connectivity index (χ3v) is 3.47. The van der Waals surface area contributed by atoms with Gasteiger partial charge in [0.15, 0.2) is 0 Å². The highest BCUT2D eigenvalue weighted by molar-refractivity contribution is 5.86. The molecular weight excluding hydrogens is 212 g/mol. The summed E-state index contributed by atoms with van der Waals surface area (Å²) < 4.78 is 11.3. The zero-order valence-electron chi connectivity index (χ0n) is 9.93. The third-order valence-electron chi connectivity index (χ3n) is 3.47. The second-order valence-corrected chi connectivity index (χ2v) is 4.42. The average Bonchev–Trinajstić information content (AvgIpc) is 2.86. The molecule has 1 fully saturated rings. The molecule has 0 spiro atoms. The largest absolute Gasteiger partial charge is 0.378 e. The first-order valence-electron chi connectivity index (χ1n) is 6.02. The summed E-state index contributed by atoms with van der Waals surface area (Å²) in [5, 5.41) is 2.53. The summed E-state index contributed by atoms with van der Waals surface area (Å²) in [6.45, 7) is 0.784. The fraction of sp³-hybridized carbons (Fsp3) is 0.333. The molecule has 17 heavy (non-hydrogen) atoms. The van der Waals surface area contributed by atoms with E-state index < -0.39 is 0 Å². The van der Waals surface area contributed by atoms with Crippen LogP contribution in [0.4, 0.5) is 0 Å². The second kappa shape index (κ2) is 4.47. The van der Waals surface area contributed by atoms with E-state index in [9.17, 15) is 0 Å². The van der Waals surface area contributed by atoms with Crippen molar-refractivity contribution in [3.63, 3.8) is 0 Å². The SMILES string of the molecule is CO[C@@H]1CCO[C@@H]1c1cccc2ccccc12. The predicted octanol–water partition coefficient (Wildman–Crippen LogP) is 3.32. The fourth-order valence-corrected chi connectivity index (χ4v) is 2.60. The van der Waals surface area contributed by atoms with Gasteiger partial charge >= 0.3 is 0 Å². The molecule has 2 atom stereocenters. The van der Waals surface area contributed by atoms with Crippen molar-refractivity contribution in [2.24, 2.45) is 0 Å². The van der Waals surface area contributed by atoms with Crippen molar-refractivity contribution in [3.8, 4) is 0 Å². The molecule has 0 bridgehead atoms. The number of hydrogen-bond donors (Lipinski definition) is 0. The number of rotatable bonds is 2. The summed E-state index contributed by atoms with van der Waals surface area (Å²) in [6.07, 6.45) is 1.23. The quantitative estimate of drug-likeness (QED) is 0.785. The van der Waals surface area contributed by atoms with E-state index in [-0.39, 0.29) is 12.2 Å². The molecular formula is C15H16O2. The van der Waals surface area contributed by atoms with Gasteiger partial charge in [-0.1, -0.05) is 42.5 Å². The predicted molar refractivity (Wildman–Crippen MR) is 68.1 cm³/mol. The minimum atomic E-state index is 0.0751. The maximum absolute atomic E-state index is 5.83. The molecule has 0 radical (unpaired) electrons. The van der Waals surface area contributed by atoms with E-state index in [1.54, 1.807) is 7.11 Å². The van der Waals surface area contributed by atoms with Crippen LogP contribution in [0, 0.1) is 0 Å². The van der Waals surface area contributed by atoms with Crippen LogP contribution in [0.1, 0.15) is 18.1 Å². The maximum Gasteiger partial charge on any atom is 0.109 e. The van der Waals surface area contributed by atoms with E-state index in [2.05, 4.69) is 42.5 Å². The van der Waals surface area contributed by atoms with E-state index in [4.69, 9.17) is 9.47 Å². The molecule has 2 aromatic carbocycles. The Balaban J connectivity index is 2.10. The first-order valence-corrected chi connectivity index (χ1v) is 6.02. The molecule has 1 aliphatic rings. The molecule has 0 aromatic heterocycles. The van der Waals surface area contributed by atoms with Gasteiger partial charge in [-0.25, -0.2) is 0 Å². The van der Waals surface area contributed by atoms with Crippen LogP contribution in [0.2, 0.25) is 0 Å². The summed E-state index contributed by atoms with van der Waals surface area (Å²) in [5.74, 6) is 0. The lowest BCUT2D eigenvalue weighted by molar-refractivity contribution is 0.0159. The Morgan fingerprint density at radius 2 is 1.94 bits per heavy atom. The van der Waals surface area contributed by atoms with Crippen molar-refractivity contribution in [2.45, 2.75) is 18.6 Å². The topological polar surface area (TPSA) is 18.5 Å². The van der Waals surface area contributed by atoms with Gasteiger partial charge in [0.1, 0.15) is 6.10 Å². The number of methoxy groups -OCH3 is 1. The van der Waals surface area contributed by atoms with E-state index >= 15 is 0 Å². The normalized spacial score (nSPS) is 24.3. The highest BCUT2D eigenvalue weighted by atomic mass is 16.5. The van der Waals surface area contributed by atoms with Crippen LogP contribution in [-0.2, 0) is 9.47 Å². The molecule has 0 aliphatic carbocycles. The van der Waals surface area contributed by atoms with Crippen LogP contribution in [-0.4, -0.2) is 19.8 Å². The van der Waals surface area contributed by atoms with Crippen molar-refractivity contribution in [1.29, 1.82) is 0 Å². The lowest BCUT2D eigenvalue weighted by Crippen LogP contribution is -2.15. The minimum Gasteiger partial charge on any atom is -0.378 e. The van der Waals surface area contributed by atoms with Gasteiger partial charge in [-0.2, -0.15) is 0 Å². The van der Waals surface area contributed by atoms with Gasteiger partial charge in [-0.15, -0.1) is 0 Å². The van der Waals surface area contributed by atoms with E-state index in [0.29, 0.717) is 0 Å². The van der Waals surface area contributed by atoms with Crippen molar-refractivity contribution in [1.82, 2.24) is 0 Å². The van der Waals surface area contributed by atoms with Gasteiger partial charge < -0.3 is 9.47 Å². The Bertz CT molecular complexity index is 516. The maximum atomic E-state index is 5.83. The van der Waals surface area contributed by atoms with Crippen molar-refractivity contribution < 1.29 is 9.47 Å². The summed E-state index contributed by atoms with van der Waals surface area (Å²) in [5.41, 5.74) is 1.24. The Labute approximate surface area is 101 Å². The van der Waals surface area contributed by atoms with Gasteiger partial charge in [-0.05, 0) is 22.8 Å². The molecule has 2 heteroatoms. The molecule has 2 aromatic rings. The summed E-state index contributed by atoms with van der Waals surface area (Å²) in [4.78, 5) is 0. The first kappa shape index (κ1) is 10.8. The van der Waals surface area contributed by atoms with E-state index in [0.717, 1.165) is 13.0 Å². The Kier molecular flexibility index (Phi) is 2.83. The highest BCUT2D eigenvalue weighted by Gasteiger charge is 2.30. The number of fused-ring (bicyclic) bond motifs is 1. The zero-order valence-corrected chi connectivity index (χ0v) is 9.93. The van der Waals surface area contributed by atoms with Crippen LogP contribution in [0.3, 0.4) is 0 Å². The smallest absolute Gasteiger partial charge is 0.109 e.